The van der Waals surface area contributed by atoms with Crippen LogP contribution in [0.2, 0.25) is 0 Å². The van der Waals surface area contributed by atoms with Gasteiger partial charge in [-0.3, -0.25) is 0 Å². The first-order valence-corrected chi connectivity index (χ1v) is 12.4. The Balaban J connectivity index is 1.33. The molecule has 1 aliphatic heterocycles. The van der Waals surface area contributed by atoms with E-state index in [1.54, 1.807) is 32.2 Å². The monoisotopic (exact) mass is 552 g/mol. The van der Waals surface area contributed by atoms with Gasteiger partial charge in [0, 0.05) is 19.2 Å². The quantitative estimate of drug-likeness (QED) is 0.266. The topological polar surface area (TPSA) is 113 Å². The summed E-state index contributed by atoms with van der Waals surface area (Å²) in [5.41, 5.74) is 1.12. The van der Waals surface area contributed by atoms with Gasteiger partial charge in [0.05, 0.1) is 23.9 Å². The van der Waals surface area contributed by atoms with E-state index in [1.807, 2.05) is 0 Å². The Morgan fingerprint density at radius 3 is 2.55 bits per heavy atom. The zero-order valence-electron chi connectivity index (χ0n) is 21.7. The molecule has 2 amide bonds. The van der Waals surface area contributed by atoms with Crippen molar-refractivity contribution >= 4 is 22.6 Å². The Hall–Kier alpha value is -4.71. The van der Waals surface area contributed by atoms with E-state index in [0.29, 0.717) is 60.1 Å². The van der Waals surface area contributed by atoms with Crippen LogP contribution in [0, 0.1) is 11.6 Å². The number of nitrogens with one attached hydrogen (secondary N) is 2. The van der Waals surface area contributed by atoms with E-state index in [-0.39, 0.29) is 23.1 Å². The number of hydrogen-bond donors (Lipinski definition) is 2. The molecule has 5 rings (SSSR count). The van der Waals surface area contributed by atoms with E-state index in [4.69, 9.17) is 23.7 Å². The third kappa shape index (κ3) is 5.96. The Morgan fingerprint density at radius 2 is 1.80 bits per heavy atom. The normalized spacial score (nSPS) is 13.0. The van der Waals surface area contributed by atoms with Crippen molar-refractivity contribution in [3.8, 4) is 28.9 Å². The molecular weight excluding hydrogens is 526 g/mol. The van der Waals surface area contributed by atoms with E-state index in [9.17, 15) is 13.6 Å². The van der Waals surface area contributed by atoms with E-state index < -0.39 is 17.9 Å². The summed E-state index contributed by atoms with van der Waals surface area (Å²) in [6.07, 6.45) is 1.31. The number of aromatic nitrogens is 2. The molecule has 1 aliphatic rings. The number of rotatable bonds is 9. The fourth-order valence-electron chi connectivity index (χ4n) is 4.06. The van der Waals surface area contributed by atoms with Gasteiger partial charge in [0.15, 0.2) is 11.5 Å². The minimum atomic E-state index is -0.726. The van der Waals surface area contributed by atoms with Crippen LogP contribution in [0.15, 0.2) is 54.9 Å². The van der Waals surface area contributed by atoms with Crippen molar-refractivity contribution in [2.45, 2.75) is 13.0 Å². The fraction of sp³-hybridized carbons (Fsp3) is 0.250. The number of urea groups is 1. The summed E-state index contributed by atoms with van der Waals surface area (Å²) in [6.45, 7) is 3.05. The lowest BCUT2D eigenvalue weighted by atomic mass is 10.1. The average molecular weight is 553 g/mol. The molecule has 2 N–H and O–H groups in total. The van der Waals surface area contributed by atoms with Gasteiger partial charge in [-0.15, -0.1) is 0 Å². The second kappa shape index (κ2) is 12.0. The second-order valence-corrected chi connectivity index (χ2v) is 8.76. The number of hydrogen-bond acceptors (Lipinski definition) is 8. The number of carbonyl (C=O) groups excluding carboxylic acids is 1. The highest BCUT2D eigenvalue weighted by Crippen LogP contribution is 2.47. The van der Waals surface area contributed by atoms with Crippen LogP contribution >= 0.6 is 0 Å². The summed E-state index contributed by atoms with van der Waals surface area (Å²) in [4.78, 5) is 21.0. The van der Waals surface area contributed by atoms with Gasteiger partial charge in [0.1, 0.15) is 48.9 Å². The van der Waals surface area contributed by atoms with Crippen molar-refractivity contribution in [3.05, 3.63) is 72.1 Å². The van der Waals surface area contributed by atoms with Crippen LogP contribution in [-0.2, 0) is 4.74 Å². The van der Waals surface area contributed by atoms with E-state index in [0.717, 1.165) is 6.07 Å². The SMILES string of the molecule is COCCOc1cc2ncnc(Oc3ccc(NC(=O)N[C@H](C)c4ccc(F)cc4)c(F)c3)c2c2c1OCCO2. The summed E-state index contributed by atoms with van der Waals surface area (Å²) in [7, 11) is 1.58. The summed E-state index contributed by atoms with van der Waals surface area (Å²) in [5, 5.41) is 5.59. The number of benzene rings is 3. The highest BCUT2D eigenvalue weighted by molar-refractivity contribution is 5.94. The molecule has 0 bridgehead atoms. The van der Waals surface area contributed by atoms with Gasteiger partial charge in [0.2, 0.25) is 11.6 Å². The van der Waals surface area contributed by atoms with E-state index in [2.05, 4.69) is 20.6 Å². The van der Waals surface area contributed by atoms with Gasteiger partial charge < -0.3 is 34.3 Å². The van der Waals surface area contributed by atoms with Crippen molar-refractivity contribution in [1.82, 2.24) is 15.3 Å². The predicted molar refractivity (Wildman–Crippen MR) is 141 cm³/mol. The van der Waals surface area contributed by atoms with Crippen molar-refractivity contribution in [1.29, 1.82) is 0 Å². The van der Waals surface area contributed by atoms with Crippen molar-refractivity contribution in [2.24, 2.45) is 0 Å². The van der Waals surface area contributed by atoms with Gasteiger partial charge in [-0.05, 0) is 36.8 Å². The molecule has 0 unspecified atom stereocenters. The molecule has 0 spiro atoms. The maximum Gasteiger partial charge on any atom is 0.319 e. The van der Waals surface area contributed by atoms with Crippen LogP contribution < -0.4 is 29.6 Å². The molecule has 0 radical (unpaired) electrons. The summed E-state index contributed by atoms with van der Waals surface area (Å²) in [5.74, 6) is 0.347. The average Bonchev–Trinajstić information content (AvgIpc) is 2.95. The lowest BCUT2D eigenvalue weighted by Crippen LogP contribution is -2.31. The predicted octanol–water partition coefficient (Wildman–Crippen LogP) is 5.38. The molecule has 0 saturated heterocycles. The van der Waals surface area contributed by atoms with Crippen LogP contribution in [0.5, 0.6) is 28.9 Å². The van der Waals surface area contributed by atoms with Crippen LogP contribution in [0.4, 0.5) is 19.3 Å². The van der Waals surface area contributed by atoms with Crippen molar-refractivity contribution in [3.63, 3.8) is 0 Å². The molecule has 3 aromatic carbocycles. The number of anilines is 1. The smallest absolute Gasteiger partial charge is 0.319 e. The Morgan fingerprint density at radius 1 is 1.02 bits per heavy atom. The van der Waals surface area contributed by atoms with Crippen molar-refractivity contribution in [2.75, 3.05) is 38.9 Å². The highest BCUT2D eigenvalue weighted by atomic mass is 19.1. The minimum Gasteiger partial charge on any atom is -0.487 e. The lowest BCUT2D eigenvalue weighted by molar-refractivity contribution is 0.134. The molecule has 4 aromatic rings. The number of nitrogens with zero attached hydrogens (tertiary/aromatic N) is 2. The Labute approximate surface area is 228 Å². The molecule has 1 atom stereocenters. The first-order valence-electron chi connectivity index (χ1n) is 12.4. The molecule has 0 saturated carbocycles. The number of fused-ring (bicyclic) bond motifs is 3. The third-order valence-corrected chi connectivity index (χ3v) is 6.01. The third-order valence-electron chi connectivity index (χ3n) is 6.01. The Bertz CT molecular complexity index is 1520. The highest BCUT2D eigenvalue weighted by Gasteiger charge is 2.25. The van der Waals surface area contributed by atoms with Gasteiger partial charge >= 0.3 is 6.03 Å². The van der Waals surface area contributed by atoms with Gasteiger partial charge in [-0.25, -0.2) is 23.5 Å². The molecule has 2 heterocycles. The van der Waals surface area contributed by atoms with Crippen LogP contribution in [0.3, 0.4) is 0 Å². The first-order chi connectivity index (χ1) is 19.4. The van der Waals surface area contributed by atoms with Gasteiger partial charge in [0.25, 0.3) is 0 Å². The molecule has 1 aromatic heterocycles. The summed E-state index contributed by atoms with van der Waals surface area (Å²) >= 11 is 0. The van der Waals surface area contributed by atoms with Crippen molar-refractivity contribution < 1.29 is 37.3 Å². The number of carbonyl (C=O) groups is 1. The Kier molecular flexibility index (Phi) is 8.06. The van der Waals surface area contributed by atoms with E-state index >= 15 is 0 Å². The number of ether oxygens (including phenoxy) is 5. The largest absolute Gasteiger partial charge is 0.487 e. The molecule has 0 aliphatic carbocycles. The first kappa shape index (κ1) is 26.9. The molecule has 0 fully saturated rings. The number of methoxy groups -OCH3 is 1. The van der Waals surface area contributed by atoms with Crippen LogP contribution in [0.1, 0.15) is 18.5 Å². The van der Waals surface area contributed by atoms with Gasteiger partial charge in [-0.2, -0.15) is 0 Å². The molecular formula is C28H26F2N4O6. The number of halogens is 2. The molecule has 12 heteroatoms. The maximum atomic E-state index is 14.9. The molecule has 208 valence electrons. The number of amides is 2. The summed E-state index contributed by atoms with van der Waals surface area (Å²) in [6, 6.07) is 10.3. The minimum absolute atomic E-state index is 0.0596. The van der Waals surface area contributed by atoms with Crippen LogP contribution in [0.25, 0.3) is 10.9 Å². The molecule has 40 heavy (non-hydrogen) atoms. The van der Waals surface area contributed by atoms with Crippen LogP contribution in [-0.4, -0.2) is 49.5 Å². The van der Waals surface area contributed by atoms with Gasteiger partial charge in [-0.1, -0.05) is 12.1 Å². The zero-order chi connectivity index (χ0) is 28.1. The zero-order valence-corrected chi connectivity index (χ0v) is 21.7. The standard InChI is InChI=1S/C28H26F2N4O6/c1-16(17-3-5-18(29)6-4-17)33-28(35)34-21-8-7-19(13-20(21)30)40-27-24-22(31-15-32-27)14-23(37-10-9-36-2)25-26(24)39-12-11-38-25/h3-8,13-16H,9-12H2,1-2H3,(H2,33,34,35)/t16-/m1/s1. The van der Waals surface area contributed by atoms with E-state index in [1.165, 1.54) is 30.6 Å². The second-order valence-electron chi connectivity index (χ2n) is 8.76. The maximum absolute atomic E-state index is 14.9. The molecule has 10 nitrogen and oxygen atoms in total. The fourth-order valence-corrected chi connectivity index (χ4v) is 4.06. The summed E-state index contributed by atoms with van der Waals surface area (Å²) < 4.78 is 56.5. The lowest BCUT2D eigenvalue weighted by Gasteiger charge is -2.23.